The third-order valence-electron chi connectivity index (χ3n) is 1.82. The highest BCUT2D eigenvalue weighted by molar-refractivity contribution is 8.13. The first-order valence-electron chi connectivity index (χ1n) is 4.09. The molecule has 0 heterocycles. The minimum Gasteiger partial charge on any atom is -0.497 e. The van der Waals surface area contributed by atoms with Crippen molar-refractivity contribution in [1.82, 2.24) is 0 Å². The van der Waals surface area contributed by atoms with Gasteiger partial charge in [0, 0.05) is 16.2 Å². The average molecular weight is 251 g/mol. The Hall–Kier alpha value is -0.940. The summed E-state index contributed by atoms with van der Waals surface area (Å²) in [5.74, 6) is 0.751. The quantitative estimate of drug-likeness (QED) is 0.765. The first-order valence-corrected chi connectivity index (χ1v) is 6.57. The molecule has 0 bridgehead atoms. The lowest BCUT2D eigenvalue weighted by Gasteiger charge is -2.08. The third-order valence-corrected chi connectivity index (χ3v) is 2.80. The molecule has 0 unspecified atom stereocenters. The number of rotatable bonds is 4. The van der Waals surface area contributed by atoms with Crippen molar-refractivity contribution in [2.24, 2.45) is 0 Å². The molecule has 0 fully saturated rings. The molecule has 4 nitrogen and oxygen atoms in total. The minimum absolute atomic E-state index is 0.283. The van der Waals surface area contributed by atoms with Crippen molar-refractivity contribution in [1.29, 1.82) is 0 Å². The van der Waals surface area contributed by atoms with Crippen LogP contribution in [0.2, 0.25) is 0 Å². The summed E-state index contributed by atoms with van der Waals surface area (Å²) >= 11 is 0. The normalized spacial score (nSPS) is 11.1. The number of ether oxygens (including phenoxy) is 2. The van der Waals surface area contributed by atoms with E-state index >= 15 is 0 Å². The Kier molecular flexibility index (Phi) is 3.82. The number of hydrogen-bond acceptors (Lipinski definition) is 4. The molecule has 0 aliphatic carbocycles. The molecule has 0 amide bonds. The van der Waals surface area contributed by atoms with Gasteiger partial charge in [0.2, 0.25) is 9.05 Å². The maximum absolute atomic E-state index is 10.9. The van der Waals surface area contributed by atoms with E-state index in [1.54, 1.807) is 18.2 Å². The fourth-order valence-electron chi connectivity index (χ4n) is 1.18. The van der Waals surface area contributed by atoms with Gasteiger partial charge < -0.3 is 9.47 Å². The van der Waals surface area contributed by atoms with E-state index in [1.807, 2.05) is 0 Å². The lowest BCUT2D eigenvalue weighted by molar-refractivity contribution is 0.400. The fourth-order valence-corrected chi connectivity index (χ4v) is 2.13. The van der Waals surface area contributed by atoms with Crippen LogP contribution in [0.1, 0.15) is 5.56 Å². The Balaban J connectivity index is 3.12. The molecule has 0 saturated heterocycles. The van der Waals surface area contributed by atoms with Gasteiger partial charge in [0.25, 0.3) is 0 Å². The summed E-state index contributed by atoms with van der Waals surface area (Å²) in [5.41, 5.74) is 0.479. The van der Waals surface area contributed by atoms with Crippen molar-refractivity contribution < 1.29 is 17.9 Å². The van der Waals surface area contributed by atoms with Crippen LogP contribution in [0.4, 0.5) is 0 Å². The lowest BCUT2D eigenvalue weighted by Crippen LogP contribution is -1.99. The van der Waals surface area contributed by atoms with Gasteiger partial charge in [-0.2, -0.15) is 0 Å². The van der Waals surface area contributed by atoms with Crippen LogP contribution in [-0.2, 0) is 14.8 Å². The molecule has 0 aromatic heterocycles. The van der Waals surface area contributed by atoms with E-state index in [0.29, 0.717) is 17.1 Å². The van der Waals surface area contributed by atoms with Gasteiger partial charge >= 0.3 is 0 Å². The maximum Gasteiger partial charge on any atom is 0.236 e. The predicted molar refractivity (Wildman–Crippen MR) is 58.0 cm³/mol. The molecule has 84 valence electrons. The summed E-state index contributed by atoms with van der Waals surface area (Å²) in [7, 11) is 4.54. The number of halogens is 1. The highest BCUT2D eigenvalue weighted by Gasteiger charge is 2.12. The summed E-state index contributed by atoms with van der Waals surface area (Å²) in [6.07, 6.45) is 0. The topological polar surface area (TPSA) is 52.6 Å². The summed E-state index contributed by atoms with van der Waals surface area (Å²) in [4.78, 5) is 0. The van der Waals surface area contributed by atoms with Gasteiger partial charge in [0.15, 0.2) is 0 Å². The maximum atomic E-state index is 10.9. The lowest BCUT2D eigenvalue weighted by atomic mass is 10.2. The van der Waals surface area contributed by atoms with Crippen LogP contribution >= 0.6 is 10.7 Å². The van der Waals surface area contributed by atoms with Crippen LogP contribution in [0.15, 0.2) is 18.2 Å². The van der Waals surface area contributed by atoms with E-state index in [4.69, 9.17) is 20.2 Å². The zero-order chi connectivity index (χ0) is 11.5. The van der Waals surface area contributed by atoms with E-state index in [-0.39, 0.29) is 5.75 Å². The van der Waals surface area contributed by atoms with Crippen LogP contribution in [0.3, 0.4) is 0 Å². The number of methoxy groups -OCH3 is 2. The van der Waals surface area contributed by atoms with E-state index in [9.17, 15) is 8.42 Å². The number of benzene rings is 1. The van der Waals surface area contributed by atoms with Gasteiger partial charge in [-0.1, -0.05) is 0 Å². The predicted octanol–water partition coefficient (Wildman–Crippen LogP) is 1.77. The molecule has 1 aromatic carbocycles. The highest BCUT2D eigenvalue weighted by atomic mass is 35.7. The van der Waals surface area contributed by atoms with Crippen molar-refractivity contribution in [2.45, 2.75) is 5.75 Å². The second kappa shape index (κ2) is 4.72. The Morgan fingerprint density at radius 3 is 2.40 bits per heavy atom. The van der Waals surface area contributed by atoms with E-state index in [1.165, 1.54) is 14.2 Å². The van der Waals surface area contributed by atoms with Crippen LogP contribution in [-0.4, -0.2) is 22.6 Å². The van der Waals surface area contributed by atoms with Crippen molar-refractivity contribution in [2.75, 3.05) is 14.2 Å². The molecule has 1 aromatic rings. The molecule has 1 rings (SSSR count). The van der Waals surface area contributed by atoms with Crippen LogP contribution in [0, 0.1) is 0 Å². The molecular formula is C9H11ClO4S. The standard InChI is InChI=1S/C9H11ClO4S/c1-13-8-3-4-9(14-2)7(5-8)6-15(10,11)12/h3-5H,6H2,1-2H3. The molecule has 0 saturated carbocycles. The van der Waals surface area contributed by atoms with Gasteiger partial charge in [-0.3, -0.25) is 0 Å². The van der Waals surface area contributed by atoms with Gasteiger partial charge in [-0.25, -0.2) is 8.42 Å². The van der Waals surface area contributed by atoms with E-state index in [0.717, 1.165) is 0 Å². The fraction of sp³-hybridized carbons (Fsp3) is 0.333. The van der Waals surface area contributed by atoms with Gasteiger partial charge in [-0.05, 0) is 18.2 Å². The summed E-state index contributed by atoms with van der Waals surface area (Å²) in [5, 5.41) is 0. The van der Waals surface area contributed by atoms with Crippen LogP contribution in [0.25, 0.3) is 0 Å². The first kappa shape index (κ1) is 12.1. The molecule has 6 heteroatoms. The van der Waals surface area contributed by atoms with E-state index < -0.39 is 9.05 Å². The Bertz CT molecular complexity index is 441. The molecule has 15 heavy (non-hydrogen) atoms. The first-order chi connectivity index (χ1) is 6.96. The largest absolute Gasteiger partial charge is 0.497 e. The summed E-state index contributed by atoms with van der Waals surface area (Å²) in [6.45, 7) is 0. The van der Waals surface area contributed by atoms with Crippen LogP contribution in [0.5, 0.6) is 11.5 Å². The smallest absolute Gasteiger partial charge is 0.236 e. The monoisotopic (exact) mass is 250 g/mol. The van der Waals surface area contributed by atoms with Gasteiger partial charge in [0.05, 0.1) is 20.0 Å². The Labute approximate surface area is 93.2 Å². The third kappa shape index (κ3) is 3.60. The molecule has 0 atom stereocenters. The highest BCUT2D eigenvalue weighted by Crippen LogP contribution is 2.26. The molecular weight excluding hydrogens is 240 g/mol. The van der Waals surface area contributed by atoms with Crippen molar-refractivity contribution in [3.63, 3.8) is 0 Å². The summed E-state index contributed by atoms with van der Waals surface area (Å²) in [6, 6.07) is 4.90. The number of hydrogen-bond donors (Lipinski definition) is 0. The minimum atomic E-state index is -3.60. The second-order valence-electron chi connectivity index (χ2n) is 2.86. The Morgan fingerprint density at radius 2 is 1.93 bits per heavy atom. The second-order valence-corrected chi connectivity index (χ2v) is 5.64. The zero-order valence-corrected chi connectivity index (χ0v) is 9.93. The van der Waals surface area contributed by atoms with Crippen molar-refractivity contribution >= 4 is 19.7 Å². The molecule has 0 spiro atoms. The molecule has 0 aliphatic heterocycles. The van der Waals surface area contributed by atoms with Gasteiger partial charge in [0.1, 0.15) is 11.5 Å². The molecule has 0 N–H and O–H groups in total. The van der Waals surface area contributed by atoms with Crippen LogP contribution < -0.4 is 9.47 Å². The van der Waals surface area contributed by atoms with Crippen molar-refractivity contribution in [3.05, 3.63) is 23.8 Å². The molecule has 0 radical (unpaired) electrons. The van der Waals surface area contributed by atoms with E-state index in [2.05, 4.69) is 0 Å². The average Bonchev–Trinajstić information content (AvgIpc) is 2.15. The van der Waals surface area contributed by atoms with Crippen molar-refractivity contribution in [3.8, 4) is 11.5 Å². The Morgan fingerprint density at radius 1 is 1.27 bits per heavy atom. The SMILES string of the molecule is COc1ccc(OC)c(CS(=O)(=O)Cl)c1. The van der Waals surface area contributed by atoms with Gasteiger partial charge in [-0.15, -0.1) is 0 Å². The molecule has 0 aliphatic rings. The summed E-state index contributed by atoms with van der Waals surface area (Å²) < 4.78 is 31.9. The zero-order valence-electron chi connectivity index (χ0n) is 8.36.